The van der Waals surface area contributed by atoms with E-state index in [-0.39, 0.29) is 0 Å². The molecule has 0 aliphatic carbocycles. The molecule has 0 saturated heterocycles. The summed E-state index contributed by atoms with van der Waals surface area (Å²) in [5.41, 5.74) is 13.1. The third-order valence-electron chi connectivity index (χ3n) is 11.5. The van der Waals surface area contributed by atoms with E-state index in [4.69, 9.17) is 0 Å². The van der Waals surface area contributed by atoms with Crippen LogP contribution in [0, 0.1) is 0 Å². The van der Waals surface area contributed by atoms with Crippen LogP contribution in [-0.2, 0) is 0 Å². The van der Waals surface area contributed by atoms with Gasteiger partial charge in [-0.25, -0.2) is 0 Å². The average Bonchev–Trinajstić information content (AvgIpc) is 3.68. The van der Waals surface area contributed by atoms with Crippen LogP contribution in [0.2, 0.25) is 0 Å². The van der Waals surface area contributed by atoms with E-state index in [0.29, 0.717) is 0 Å². The zero-order chi connectivity index (χ0) is 38.4. The highest BCUT2D eigenvalue weighted by Gasteiger charge is 2.19. The number of rotatable bonds is 7. The van der Waals surface area contributed by atoms with E-state index in [1.807, 2.05) is 11.3 Å². The van der Waals surface area contributed by atoms with E-state index in [1.54, 1.807) is 0 Å². The lowest BCUT2D eigenvalue weighted by Crippen LogP contribution is -2.09. The molecule has 0 saturated carbocycles. The Morgan fingerprint density at radius 1 is 0.241 bits per heavy atom. The van der Waals surface area contributed by atoms with Gasteiger partial charge in [-0.2, -0.15) is 0 Å². The minimum atomic E-state index is 1.11. The van der Waals surface area contributed by atoms with Crippen molar-refractivity contribution < 1.29 is 0 Å². The van der Waals surface area contributed by atoms with Crippen molar-refractivity contribution in [3.8, 4) is 44.5 Å². The summed E-state index contributed by atoms with van der Waals surface area (Å²) in [6.07, 6.45) is 0. The molecular weight excluding hydrogens is 719 g/mol. The first-order valence-electron chi connectivity index (χ1n) is 19.8. The third kappa shape index (κ3) is 5.94. The largest absolute Gasteiger partial charge is 0.310 e. The van der Waals surface area contributed by atoms with Crippen LogP contribution in [0.4, 0.5) is 17.1 Å². The molecule has 10 aromatic carbocycles. The Morgan fingerprint density at radius 3 is 1.29 bits per heavy atom. The summed E-state index contributed by atoms with van der Waals surface area (Å²) < 4.78 is 2.60. The number of nitrogens with zero attached hydrogens (tertiary/aromatic N) is 1. The highest BCUT2D eigenvalue weighted by molar-refractivity contribution is 7.25. The van der Waals surface area contributed by atoms with Gasteiger partial charge in [-0.15, -0.1) is 11.3 Å². The molecule has 0 N–H and O–H groups in total. The number of fused-ring (bicyclic) bond motifs is 6. The highest BCUT2D eigenvalue weighted by Crippen LogP contribution is 2.46. The lowest BCUT2D eigenvalue weighted by Gasteiger charge is -2.26. The second-order valence-corrected chi connectivity index (χ2v) is 15.9. The molecule has 0 unspecified atom stereocenters. The molecule has 0 aliphatic rings. The average molecular weight is 756 g/mol. The first-order chi connectivity index (χ1) is 28.8. The fourth-order valence-electron chi connectivity index (χ4n) is 8.72. The zero-order valence-electron chi connectivity index (χ0n) is 31.7. The molecule has 1 nitrogen and oxygen atoms in total. The molecule has 1 aromatic heterocycles. The van der Waals surface area contributed by atoms with Crippen LogP contribution in [0.5, 0.6) is 0 Å². The molecule has 11 rings (SSSR count). The molecule has 0 bridgehead atoms. The van der Waals surface area contributed by atoms with Crippen LogP contribution in [0.3, 0.4) is 0 Å². The lowest BCUT2D eigenvalue weighted by molar-refractivity contribution is 1.29. The lowest BCUT2D eigenvalue weighted by atomic mass is 9.84. The van der Waals surface area contributed by atoms with Crippen LogP contribution < -0.4 is 4.90 Å². The van der Waals surface area contributed by atoms with Gasteiger partial charge in [0.2, 0.25) is 0 Å². The Morgan fingerprint density at radius 2 is 0.655 bits per heavy atom. The van der Waals surface area contributed by atoms with Crippen molar-refractivity contribution in [2.75, 3.05) is 4.90 Å². The molecule has 0 radical (unpaired) electrons. The summed E-state index contributed by atoms with van der Waals surface area (Å²) in [6, 6.07) is 81.9. The van der Waals surface area contributed by atoms with Crippen molar-refractivity contribution in [1.82, 2.24) is 0 Å². The third-order valence-corrected chi connectivity index (χ3v) is 12.6. The standard InChI is InChI=1S/C56H37NS/c1-4-14-38(15-5-1)39-24-29-44(30-25-39)57(46-33-35-50-49-21-12-13-23-53(49)58-54(50)37-46)45-31-26-40(27-32-45)43-28-34-48-47-20-10-11-22-51(47)55(41-16-6-2-7-17-41)56(52(48)36-43)42-18-8-3-9-19-42/h1-37H. The number of anilines is 3. The van der Waals surface area contributed by atoms with Crippen molar-refractivity contribution in [2.45, 2.75) is 0 Å². The number of hydrogen-bond acceptors (Lipinski definition) is 2. The van der Waals surface area contributed by atoms with Gasteiger partial charge in [0.25, 0.3) is 0 Å². The fourth-order valence-corrected chi connectivity index (χ4v) is 9.86. The Kier molecular flexibility index (Phi) is 8.42. The molecule has 0 aliphatic heterocycles. The van der Waals surface area contributed by atoms with E-state index in [9.17, 15) is 0 Å². The van der Waals surface area contributed by atoms with E-state index in [0.717, 1.165) is 17.1 Å². The highest BCUT2D eigenvalue weighted by atomic mass is 32.1. The smallest absolute Gasteiger partial charge is 0.0476 e. The van der Waals surface area contributed by atoms with Crippen LogP contribution in [-0.4, -0.2) is 0 Å². The summed E-state index contributed by atoms with van der Waals surface area (Å²) >= 11 is 1.86. The number of hydrogen-bond donors (Lipinski definition) is 0. The van der Waals surface area contributed by atoms with Crippen molar-refractivity contribution in [3.63, 3.8) is 0 Å². The van der Waals surface area contributed by atoms with Gasteiger partial charge < -0.3 is 4.90 Å². The summed E-state index contributed by atoms with van der Waals surface area (Å²) in [6.45, 7) is 0. The van der Waals surface area contributed by atoms with Gasteiger partial charge in [-0.05, 0) is 115 Å². The van der Waals surface area contributed by atoms with Gasteiger partial charge in [-0.3, -0.25) is 0 Å². The molecule has 0 fully saturated rings. The maximum absolute atomic E-state index is 2.40. The van der Waals surface area contributed by atoms with Crippen molar-refractivity contribution in [1.29, 1.82) is 0 Å². The maximum atomic E-state index is 2.40. The molecule has 58 heavy (non-hydrogen) atoms. The maximum Gasteiger partial charge on any atom is 0.0476 e. The van der Waals surface area contributed by atoms with E-state index >= 15 is 0 Å². The first kappa shape index (κ1) is 34.0. The van der Waals surface area contributed by atoms with Gasteiger partial charge in [0.05, 0.1) is 0 Å². The number of benzene rings is 10. The minimum absolute atomic E-state index is 1.11. The van der Waals surface area contributed by atoms with Crippen LogP contribution in [0.15, 0.2) is 224 Å². The van der Waals surface area contributed by atoms with Crippen molar-refractivity contribution in [2.24, 2.45) is 0 Å². The molecule has 2 heteroatoms. The van der Waals surface area contributed by atoms with Crippen LogP contribution in [0.1, 0.15) is 0 Å². The Labute approximate surface area is 342 Å². The predicted octanol–water partition coefficient (Wildman–Crippen LogP) is 16.5. The van der Waals surface area contributed by atoms with E-state index in [2.05, 4.69) is 229 Å². The molecular formula is C56H37NS. The zero-order valence-corrected chi connectivity index (χ0v) is 32.5. The molecule has 272 valence electrons. The summed E-state index contributed by atoms with van der Waals surface area (Å²) in [5.74, 6) is 0. The van der Waals surface area contributed by atoms with Crippen molar-refractivity contribution >= 4 is 70.1 Å². The topological polar surface area (TPSA) is 3.24 Å². The Hall–Kier alpha value is -7.26. The van der Waals surface area contributed by atoms with Gasteiger partial charge in [-0.1, -0.05) is 176 Å². The normalized spacial score (nSPS) is 11.4. The van der Waals surface area contributed by atoms with Gasteiger partial charge in [0.15, 0.2) is 0 Å². The second-order valence-electron chi connectivity index (χ2n) is 14.9. The molecule has 0 atom stereocenters. The second kappa shape index (κ2) is 14.4. The molecule has 0 amide bonds. The first-order valence-corrected chi connectivity index (χ1v) is 20.7. The quantitative estimate of drug-likeness (QED) is 0.146. The minimum Gasteiger partial charge on any atom is -0.310 e. The molecule has 1 heterocycles. The van der Waals surface area contributed by atoms with Crippen LogP contribution >= 0.6 is 11.3 Å². The monoisotopic (exact) mass is 755 g/mol. The molecule has 11 aromatic rings. The molecule has 0 spiro atoms. The van der Waals surface area contributed by atoms with E-state index < -0.39 is 0 Å². The SMILES string of the molecule is c1ccc(-c2ccc(N(c3ccc(-c4ccc5c(c4)c(-c4ccccc4)c(-c4ccccc4)c4ccccc45)cc3)c3ccc4c(c3)sc3ccccc34)cc2)cc1. The summed E-state index contributed by atoms with van der Waals surface area (Å²) in [5, 5.41) is 7.66. The van der Waals surface area contributed by atoms with Gasteiger partial charge >= 0.3 is 0 Å². The van der Waals surface area contributed by atoms with Gasteiger partial charge in [0, 0.05) is 37.2 Å². The van der Waals surface area contributed by atoms with Gasteiger partial charge in [0.1, 0.15) is 0 Å². The number of thiophene rings is 1. The fraction of sp³-hybridized carbons (Fsp3) is 0. The van der Waals surface area contributed by atoms with E-state index in [1.165, 1.54) is 86.2 Å². The van der Waals surface area contributed by atoms with Crippen LogP contribution in [0.25, 0.3) is 86.2 Å². The Bertz CT molecular complexity index is 3240. The summed E-state index contributed by atoms with van der Waals surface area (Å²) in [4.78, 5) is 2.38. The summed E-state index contributed by atoms with van der Waals surface area (Å²) in [7, 11) is 0. The predicted molar refractivity (Wildman–Crippen MR) is 251 cm³/mol. The van der Waals surface area contributed by atoms with Crippen molar-refractivity contribution in [3.05, 3.63) is 224 Å². The Balaban J connectivity index is 1.05.